The predicted molar refractivity (Wildman–Crippen MR) is 65.9 cm³/mol. The smallest absolute Gasteiger partial charge is 0.209 e. The zero-order chi connectivity index (χ0) is 12.1. The van der Waals surface area contributed by atoms with Crippen LogP contribution in [0.4, 0.5) is 0 Å². The summed E-state index contributed by atoms with van der Waals surface area (Å²) in [6, 6.07) is 0.720. The first-order valence-corrected chi connectivity index (χ1v) is 7.04. The molecule has 6 nitrogen and oxygen atoms in total. The standard InChI is InChI=1S/C10H19N5OS/c1-8(16)4-7-17-10-12-13-14-15(10)6-5-11-9-2-3-9/h8-9,11,16H,2-7H2,1H3. The van der Waals surface area contributed by atoms with Crippen molar-refractivity contribution in [1.82, 2.24) is 25.5 Å². The molecule has 1 aromatic heterocycles. The van der Waals surface area contributed by atoms with Gasteiger partial charge in [-0.15, -0.1) is 5.10 Å². The van der Waals surface area contributed by atoms with Crippen LogP contribution in [0.2, 0.25) is 0 Å². The van der Waals surface area contributed by atoms with Crippen LogP contribution in [0.25, 0.3) is 0 Å². The summed E-state index contributed by atoms with van der Waals surface area (Å²) in [5.41, 5.74) is 0. The van der Waals surface area contributed by atoms with Gasteiger partial charge in [0, 0.05) is 18.3 Å². The van der Waals surface area contributed by atoms with Crippen molar-refractivity contribution in [1.29, 1.82) is 0 Å². The summed E-state index contributed by atoms with van der Waals surface area (Å²) in [4.78, 5) is 0. The Hall–Kier alpha value is -0.660. The van der Waals surface area contributed by atoms with Crippen LogP contribution in [0, 0.1) is 0 Å². The highest BCUT2D eigenvalue weighted by molar-refractivity contribution is 7.99. The van der Waals surface area contributed by atoms with Crippen molar-refractivity contribution in [2.45, 2.75) is 50.0 Å². The van der Waals surface area contributed by atoms with Crippen molar-refractivity contribution in [3.8, 4) is 0 Å². The molecular formula is C10H19N5OS. The summed E-state index contributed by atoms with van der Waals surface area (Å²) in [5.74, 6) is 0.841. The maximum atomic E-state index is 9.18. The van der Waals surface area contributed by atoms with Gasteiger partial charge in [-0.3, -0.25) is 0 Å². The number of nitrogens with zero attached hydrogens (tertiary/aromatic N) is 4. The molecule has 1 saturated carbocycles. The third-order valence-corrected chi connectivity index (χ3v) is 3.59. The molecule has 1 aromatic rings. The number of aromatic nitrogens is 4. The molecule has 96 valence electrons. The first kappa shape index (κ1) is 12.8. The summed E-state index contributed by atoms with van der Waals surface area (Å²) < 4.78 is 1.82. The molecule has 0 aromatic carbocycles. The van der Waals surface area contributed by atoms with E-state index in [0.29, 0.717) is 0 Å². The Bertz CT molecular complexity index is 317. The highest BCUT2D eigenvalue weighted by Gasteiger charge is 2.20. The second-order valence-electron chi connectivity index (χ2n) is 4.40. The zero-order valence-electron chi connectivity index (χ0n) is 10.0. The summed E-state index contributed by atoms with van der Waals surface area (Å²) >= 11 is 1.60. The Morgan fingerprint density at radius 3 is 3.12 bits per heavy atom. The highest BCUT2D eigenvalue weighted by Crippen LogP contribution is 2.18. The van der Waals surface area contributed by atoms with Crippen molar-refractivity contribution in [3.05, 3.63) is 0 Å². The van der Waals surface area contributed by atoms with Gasteiger partial charge in [0.05, 0.1) is 12.6 Å². The SMILES string of the molecule is CC(O)CCSc1nnnn1CCNC1CC1. The molecule has 7 heteroatoms. The number of nitrogens with one attached hydrogen (secondary N) is 1. The molecule has 0 amide bonds. The minimum atomic E-state index is -0.261. The molecule has 1 unspecified atom stereocenters. The third-order valence-electron chi connectivity index (χ3n) is 2.60. The Balaban J connectivity index is 1.70. The van der Waals surface area contributed by atoms with Crippen LogP contribution in [-0.2, 0) is 6.54 Å². The van der Waals surface area contributed by atoms with Crippen LogP contribution in [-0.4, -0.2) is 49.8 Å². The fourth-order valence-electron chi connectivity index (χ4n) is 1.42. The summed E-state index contributed by atoms with van der Waals surface area (Å²) in [6.45, 7) is 3.52. The molecule has 17 heavy (non-hydrogen) atoms. The third kappa shape index (κ3) is 4.61. The molecule has 2 N–H and O–H groups in total. The lowest BCUT2D eigenvalue weighted by Crippen LogP contribution is -2.22. The number of aliphatic hydroxyl groups excluding tert-OH is 1. The van der Waals surface area contributed by atoms with Gasteiger partial charge >= 0.3 is 0 Å². The molecule has 0 radical (unpaired) electrons. The van der Waals surface area contributed by atoms with Crippen molar-refractivity contribution >= 4 is 11.8 Å². The van der Waals surface area contributed by atoms with Gasteiger partial charge in [0.1, 0.15) is 0 Å². The molecule has 0 aliphatic heterocycles. The van der Waals surface area contributed by atoms with E-state index in [9.17, 15) is 5.11 Å². The molecule has 1 atom stereocenters. The number of rotatable bonds is 8. The lowest BCUT2D eigenvalue weighted by atomic mass is 10.3. The molecule has 1 heterocycles. The van der Waals surface area contributed by atoms with E-state index in [-0.39, 0.29) is 6.10 Å². The van der Waals surface area contributed by atoms with Gasteiger partial charge < -0.3 is 10.4 Å². The fraction of sp³-hybridized carbons (Fsp3) is 0.900. The van der Waals surface area contributed by atoms with Crippen LogP contribution in [0.1, 0.15) is 26.2 Å². The second-order valence-corrected chi connectivity index (χ2v) is 5.46. The van der Waals surface area contributed by atoms with Crippen LogP contribution >= 0.6 is 11.8 Å². The van der Waals surface area contributed by atoms with Crippen LogP contribution in [0.15, 0.2) is 5.16 Å². The van der Waals surface area contributed by atoms with Gasteiger partial charge in [-0.25, -0.2) is 4.68 Å². The Morgan fingerprint density at radius 1 is 1.59 bits per heavy atom. The van der Waals surface area contributed by atoms with E-state index < -0.39 is 0 Å². The topological polar surface area (TPSA) is 75.9 Å². The normalized spacial score (nSPS) is 17.3. The van der Waals surface area contributed by atoms with Gasteiger partial charge in [0.15, 0.2) is 0 Å². The fourth-order valence-corrected chi connectivity index (χ4v) is 2.44. The first-order chi connectivity index (χ1) is 8.25. The van der Waals surface area contributed by atoms with E-state index in [1.807, 2.05) is 4.68 Å². The van der Waals surface area contributed by atoms with Gasteiger partial charge in [0.25, 0.3) is 0 Å². The van der Waals surface area contributed by atoms with Crippen LogP contribution in [0.5, 0.6) is 0 Å². The maximum absolute atomic E-state index is 9.18. The molecule has 0 saturated heterocycles. The van der Waals surface area contributed by atoms with Crippen molar-refractivity contribution in [3.63, 3.8) is 0 Å². The van der Waals surface area contributed by atoms with Gasteiger partial charge in [-0.1, -0.05) is 11.8 Å². The van der Waals surface area contributed by atoms with E-state index >= 15 is 0 Å². The molecule has 0 bridgehead atoms. The van der Waals surface area contributed by atoms with E-state index in [1.165, 1.54) is 12.8 Å². The van der Waals surface area contributed by atoms with E-state index in [2.05, 4.69) is 20.8 Å². The van der Waals surface area contributed by atoms with E-state index in [1.54, 1.807) is 18.7 Å². The number of hydrogen-bond donors (Lipinski definition) is 2. The Kier molecular flexibility index (Phi) is 4.75. The number of aliphatic hydroxyl groups is 1. The summed E-state index contributed by atoms with van der Waals surface area (Å²) in [5, 5.41) is 25.1. The molecule has 1 fully saturated rings. The maximum Gasteiger partial charge on any atom is 0.209 e. The average molecular weight is 257 g/mol. The minimum Gasteiger partial charge on any atom is -0.393 e. The highest BCUT2D eigenvalue weighted by atomic mass is 32.2. The van der Waals surface area contributed by atoms with Gasteiger partial charge in [-0.2, -0.15) is 0 Å². The average Bonchev–Trinajstić information content (AvgIpc) is 2.99. The van der Waals surface area contributed by atoms with Crippen molar-refractivity contribution < 1.29 is 5.11 Å². The number of tetrazole rings is 1. The molecule has 1 aliphatic rings. The lowest BCUT2D eigenvalue weighted by molar-refractivity contribution is 0.192. The Morgan fingerprint density at radius 2 is 2.41 bits per heavy atom. The Labute approximate surface area is 105 Å². The molecule has 2 rings (SSSR count). The first-order valence-electron chi connectivity index (χ1n) is 6.06. The molecule has 1 aliphatic carbocycles. The number of hydrogen-bond acceptors (Lipinski definition) is 6. The largest absolute Gasteiger partial charge is 0.393 e. The minimum absolute atomic E-state index is 0.261. The van der Waals surface area contributed by atoms with E-state index in [0.717, 1.165) is 36.5 Å². The monoisotopic (exact) mass is 257 g/mol. The van der Waals surface area contributed by atoms with E-state index in [4.69, 9.17) is 0 Å². The van der Waals surface area contributed by atoms with Gasteiger partial charge in [0.2, 0.25) is 5.16 Å². The van der Waals surface area contributed by atoms with Crippen molar-refractivity contribution in [2.24, 2.45) is 0 Å². The predicted octanol–water partition coefficient (Wildman–Crippen LogP) is 0.288. The van der Waals surface area contributed by atoms with Gasteiger partial charge in [-0.05, 0) is 36.6 Å². The molecular weight excluding hydrogens is 238 g/mol. The quantitative estimate of drug-likeness (QED) is 0.652. The lowest BCUT2D eigenvalue weighted by Gasteiger charge is -2.06. The summed E-state index contributed by atoms with van der Waals surface area (Å²) in [6.07, 6.45) is 3.10. The molecule has 0 spiro atoms. The van der Waals surface area contributed by atoms with Crippen LogP contribution in [0.3, 0.4) is 0 Å². The summed E-state index contributed by atoms with van der Waals surface area (Å²) in [7, 11) is 0. The number of thioether (sulfide) groups is 1. The van der Waals surface area contributed by atoms with Crippen molar-refractivity contribution in [2.75, 3.05) is 12.3 Å². The van der Waals surface area contributed by atoms with Crippen LogP contribution < -0.4 is 5.32 Å². The second kappa shape index (κ2) is 6.32. The zero-order valence-corrected chi connectivity index (χ0v) is 10.9.